The van der Waals surface area contributed by atoms with E-state index in [0.29, 0.717) is 12.4 Å². The first-order valence-electron chi connectivity index (χ1n) is 8.73. The molecule has 1 aromatic carbocycles. The fourth-order valence-electron chi connectivity index (χ4n) is 2.66. The monoisotopic (exact) mass is 357 g/mol. The van der Waals surface area contributed by atoms with Gasteiger partial charge < -0.3 is 19.0 Å². The summed E-state index contributed by atoms with van der Waals surface area (Å²) < 4.78 is 16.2. The minimum absolute atomic E-state index is 0.385. The van der Waals surface area contributed by atoms with Crippen molar-refractivity contribution in [1.82, 2.24) is 4.90 Å². The third-order valence-corrected chi connectivity index (χ3v) is 4.14. The van der Waals surface area contributed by atoms with E-state index in [4.69, 9.17) is 19.0 Å². The molecule has 6 nitrogen and oxygen atoms in total. The average molecular weight is 357 g/mol. The molecule has 0 bridgehead atoms. The molecule has 1 N–H and O–H groups in total. The summed E-state index contributed by atoms with van der Waals surface area (Å²) in [5, 5.41) is 9.17. The van der Waals surface area contributed by atoms with Gasteiger partial charge in [-0.2, -0.15) is 0 Å². The molecule has 6 heteroatoms. The van der Waals surface area contributed by atoms with Crippen LogP contribution in [-0.4, -0.2) is 49.5 Å². The lowest BCUT2D eigenvalue weighted by Crippen LogP contribution is -2.37. The summed E-state index contributed by atoms with van der Waals surface area (Å²) in [7, 11) is 0. The van der Waals surface area contributed by atoms with Gasteiger partial charge in [-0.25, -0.2) is 0 Å². The number of rotatable bonds is 7. The molecular formula is C20H23NO5. The maximum absolute atomic E-state index is 11.4. The molecule has 2 heterocycles. The lowest BCUT2D eigenvalue weighted by molar-refractivity contribution is 0.0358. The lowest BCUT2D eigenvalue weighted by atomic mass is 10.2. The largest absolute Gasteiger partial charge is 0.502 e. The van der Waals surface area contributed by atoms with Crippen LogP contribution in [0, 0.1) is 0 Å². The Hall–Kier alpha value is -2.57. The van der Waals surface area contributed by atoms with Crippen LogP contribution in [0.2, 0.25) is 0 Å². The van der Waals surface area contributed by atoms with Crippen molar-refractivity contribution in [3.8, 4) is 11.5 Å². The van der Waals surface area contributed by atoms with E-state index < -0.39 is 11.2 Å². The second-order valence-corrected chi connectivity index (χ2v) is 6.09. The molecule has 0 unspecified atom stereocenters. The Kier molecular flexibility index (Phi) is 6.46. The molecule has 0 radical (unpaired) electrons. The van der Waals surface area contributed by atoms with Crippen LogP contribution >= 0.6 is 0 Å². The van der Waals surface area contributed by atoms with Gasteiger partial charge in [0.25, 0.3) is 0 Å². The van der Waals surface area contributed by atoms with Crippen molar-refractivity contribution in [3.05, 3.63) is 58.1 Å². The standard InChI is InChI=1S/C20H23NO5/c22-19-14-18(26-15-20(19)23)7-4-16-2-5-17(6-3-16)25-11-1-8-21-9-12-24-13-10-21/h2-7,14-15,23H,1,8-13H2/b7-4+. The number of nitrogens with zero attached hydrogens (tertiary/aromatic N) is 1. The Bertz CT molecular complexity index is 776. The molecule has 0 aliphatic carbocycles. The zero-order valence-electron chi connectivity index (χ0n) is 14.6. The van der Waals surface area contributed by atoms with Gasteiger partial charge in [-0.1, -0.05) is 18.2 Å². The van der Waals surface area contributed by atoms with Crippen molar-refractivity contribution in [2.45, 2.75) is 6.42 Å². The van der Waals surface area contributed by atoms with Crippen LogP contribution in [0.3, 0.4) is 0 Å². The van der Waals surface area contributed by atoms with E-state index in [1.165, 1.54) is 6.07 Å². The molecule has 0 saturated carbocycles. The quantitative estimate of drug-likeness (QED) is 0.768. The summed E-state index contributed by atoms with van der Waals surface area (Å²) in [4.78, 5) is 13.7. The highest BCUT2D eigenvalue weighted by atomic mass is 16.5. The van der Waals surface area contributed by atoms with E-state index >= 15 is 0 Å². The molecule has 2 aromatic rings. The van der Waals surface area contributed by atoms with E-state index in [-0.39, 0.29) is 0 Å². The highest BCUT2D eigenvalue weighted by molar-refractivity contribution is 5.67. The van der Waals surface area contributed by atoms with Crippen LogP contribution in [0.4, 0.5) is 0 Å². The van der Waals surface area contributed by atoms with Gasteiger partial charge in [0.15, 0.2) is 5.75 Å². The topological polar surface area (TPSA) is 72.1 Å². The van der Waals surface area contributed by atoms with E-state index in [0.717, 1.165) is 56.8 Å². The second-order valence-electron chi connectivity index (χ2n) is 6.09. The zero-order chi connectivity index (χ0) is 18.2. The first-order valence-corrected chi connectivity index (χ1v) is 8.73. The van der Waals surface area contributed by atoms with Gasteiger partial charge in [-0.3, -0.25) is 9.69 Å². The van der Waals surface area contributed by atoms with E-state index in [1.807, 2.05) is 30.3 Å². The molecule has 3 rings (SSSR count). The number of aromatic hydroxyl groups is 1. The first-order chi connectivity index (χ1) is 12.7. The maximum atomic E-state index is 11.4. The average Bonchev–Trinajstić information content (AvgIpc) is 2.68. The number of morpholine rings is 1. The van der Waals surface area contributed by atoms with Crippen molar-refractivity contribution in [2.75, 3.05) is 39.5 Å². The molecule has 1 fully saturated rings. The first kappa shape index (κ1) is 18.2. The molecule has 0 amide bonds. The van der Waals surface area contributed by atoms with Gasteiger partial charge in [0, 0.05) is 25.7 Å². The molecule has 1 aliphatic heterocycles. The van der Waals surface area contributed by atoms with Gasteiger partial charge in [0.1, 0.15) is 17.8 Å². The van der Waals surface area contributed by atoms with Crippen LogP contribution in [0.25, 0.3) is 12.2 Å². The molecule has 1 aromatic heterocycles. The highest BCUT2D eigenvalue weighted by Gasteiger charge is 2.09. The molecule has 1 saturated heterocycles. The van der Waals surface area contributed by atoms with Crippen molar-refractivity contribution >= 4 is 12.2 Å². The smallest absolute Gasteiger partial charge is 0.227 e. The Balaban J connectivity index is 1.44. The Morgan fingerprint density at radius 1 is 1.15 bits per heavy atom. The van der Waals surface area contributed by atoms with Crippen LogP contribution in [-0.2, 0) is 4.74 Å². The summed E-state index contributed by atoms with van der Waals surface area (Å²) in [6, 6.07) is 8.96. The van der Waals surface area contributed by atoms with Crippen molar-refractivity contribution in [1.29, 1.82) is 0 Å². The molecular weight excluding hydrogens is 334 g/mol. The Labute approximate surface area is 152 Å². The van der Waals surface area contributed by atoms with Gasteiger partial charge in [-0.05, 0) is 30.2 Å². The fourth-order valence-corrected chi connectivity index (χ4v) is 2.66. The van der Waals surface area contributed by atoms with Crippen LogP contribution < -0.4 is 10.2 Å². The van der Waals surface area contributed by atoms with Gasteiger partial charge in [0.2, 0.25) is 5.43 Å². The normalized spacial score (nSPS) is 15.4. The highest BCUT2D eigenvalue weighted by Crippen LogP contribution is 2.15. The molecule has 26 heavy (non-hydrogen) atoms. The van der Waals surface area contributed by atoms with Crippen LogP contribution in [0.1, 0.15) is 17.7 Å². The van der Waals surface area contributed by atoms with E-state index in [9.17, 15) is 4.79 Å². The summed E-state index contributed by atoms with van der Waals surface area (Å²) >= 11 is 0. The van der Waals surface area contributed by atoms with Gasteiger partial charge in [0.05, 0.1) is 19.8 Å². The minimum Gasteiger partial charge on any atom is -0.502 e. The van der Waals surface area contributed by atoms with Gasteiger partial charge in [-0.15, -0.1) is 0 Å². The third-order valence-electron chi connectivity index (χ3n) is 4.14. The number of benzene rings is 1. The maximum Gasteiger partial charge on any atom is 0.227 e. The molecule has 0 spiro atoms. The van der Waals surface area contributed by atoms with Crippen molar-refractivity contribution < 1.29 is 19.0 Å². The van der Waals surface area contributed by atoms with Crippen molar-refractivity contribution in [2.24, 2.45) is 0 Å². The predicted molar refractivity (Wildman–Crippen MR) is 99.4 cm³/mol. The SMILES string of the molecule is O=c1cc(/C=C/c2ccc(OCCCN3CCOCC3)cc2)occ1O. The molecule has 0 atom stereocenters. The van der Waals surface area contributed by atoms with E-state index in [1.54, 1.807) is 6.08 Å². The predicted octanol–water partition coefficient (Wildman–Crippen LogP) is 2.62. The Morgan fingerprint density at radius 3 is 2.65 bits per heavy atom. The third kappa shape index (κ3) is 5.47. The summed E-state index contributed by atoms with van der Waals surface area (Å²) in [5.41, 5.74) is 0.498. The minimum atomic E-state index is -0.461. The summed E-state index contributed by atoms with van der Waals surface area (Å²) in [6.07, 6.45) is 5.54. The van der Waals surface area contributed by atoms with Crippen molar-refractivity contribution in [3.63, 3.8) is 0 Å². The molecule has 1 aliphatic rings. The van der Waals surface area contributed by atoms with E-state index in [2.05, 4.69) is 4.90 Å². The number of ether oxygens (including phenoxy) is 2. The number of hydrogen-bond donors (Lipinski definition) is 1. The van der Waals surface area contributed by atoms with Crippen LogP contribution in [0.5, 0.6) is 11.5 Å². The summed E-state index contributed by atoms with van der Waals surface area (Å²) in [5.74, 6) is 0.828. The summed E-state index contributed by atoms with van der Waals surface area (Å²) in [6.45, 7) is 5.37. The second kappa shape index (κ2) is 9.22. The Morgan fingerprint density at radius 2 is 1.92 bits per heavy atom. The molecule has 138 valence electrons. The zero-order valence-corrected chi connectivity index (χ0v) is 14.6. The van der Waals surface area contributed by atoms with Crippen LogP contribution in [0.15, 0.2) is 45.8 Å². The lowest BCUT2D eigenvalue weighted by Gasteiger charge is -2.26. The number of hydrogen-bond acceptors (Lipinski definition) is 6. The van der Waals surface area contributed by atoms with Gasteiger partial charge >= 0.3 is 0 Å². The fraction of sp³-hybridized carbons (Fsp3) is 0.350.